The molecule has 8 heteroatoms. The van der Waals surface area contributed by atoms with Crippen LogP contribution < -0.4 is 10.6 Å². The van der Waals surface area contributed by atoms with Crippen LogP contribution in [0.3, 0.4) is 0 Å². The summed E-state index contributed by atoms with van der Waals surface area (Å²) in [6.45, 7) is 0. The third kappa shape index (κ3) is 5.80. The fraction of sp³-hybridized carbons (Fsp3) is 0.0526. The molecule has 0 radical (unpaired) electrons. The molecule has 2 aromatic carbocycles. The predicted molar refractivity (Wildman–Crippen MR) is 107 cm³/mol. The van der Waals surface area contributed by atoms with Crippen LogP contribution in [0.1, 0.15) is 10.4 Å². The van der Waals surface area contributed by atoms with Crippen LogP contribution in [0.2, 0.25) is 5.02 Å². The molecule has 0 aliphatic heterocycles. The van der Waals surface area contributed by atoms with Gasteiger partial charge in [-0.25, -0.2) is 0 Å². The van der Waals surface area contributed by atoms with Gasteiger partial charge in [0.2, 0.25) is 5.91 Å². The van der Waals surface area contributed by atoms with Crippen LogP contribution in [0.15, 0.2) is 71.8 Å². The van der Waals surface area contributed by atoms with E-state index in [9.17, 15) is 9.59 Å². The molecule has 2 amide bonds. The average molecular weight is 399 g/mol. The molecule has 1 aromatic heterocycles. The van der Waals surface area contributed by atoms with Crippen molar-refractivity contribution in [1.82, 2.24) is 10.2 Å². The summed E-state index contributed by atoms with van der Waals surface area (Å²) < 4.78 is 0. The van der Waals surface area contributed by atoms with Gasteiger partial charge in [0.25, 0.3) is 5.91 Å². The highest BCUT2D eigenvalue weighted by molar-refractivity contribution is 7.99. The van der Waals surface area contributed by atoms with E-state index in [1.165, 1.54) is 11.8 Å². The van der Waals surface area contributed by atoms with Crippen LogP contribution in [-0.2, 0) is 4.79 Å². The summed E-state index contributed by atoms with van der Waals surface area (Å²) in [6.07, 6.45) is 0. The average Bonchev–Trinajstić information content (AvgIpc) is 2.70. The van der Waals surface area contributed by atoms with Crippen molar-refractivity contribution in [1.29, 1.82) is 0 Å². The monoisotopic (exact) mass is 398 g/mol. The van der Waals surface area contributed by atoms with Gasteiger partial charge >= 0.3 is 0 Å². The Balaban J connectivity index is 1.49. The number of anilines is 2. The predicted octanol–water partition coefficient (Wildman–Crippen LogP) is 4.11. The zero-order valence-electron chi connectivity index (χ0n) is 14.1. The van der Waals surface area contributed by atoms with Crippen LogP contribution in [0.4, 0.5) is 11.5 Å². The highest BCUT2D eigenvalue weighted by atomic mass is 35.5. The molecule has 3 aromatic rings. The lowest BCUT2D eigenvalue weighted by Crippen LogP contribution is -2.14. The van der Waals surface area contributed by atoms with Gasteiger partial charge in [-0.1, -0.05) is 41.6 Å². The highest BCUT2D eigenvalue weighted by Crippen LogP contribution is 2.17. The molecular weight excluding hydrogens is 384 g/mol. The molecule has 3 rings (SSSR count). The minimum atomic E-state index is -0.257. The molecule has 0 aliphatic rings. The van der Waals surface area contributed by atoms with Crippen molar-refractivity contribution in [2.75, 3.05) is 16.4 Å². The number of benzene rings is 2. The molecule has 1 heterocycles. The number of rotatable bonds is 6. The van der Waals surface area contributed by atoms with Crippen molar-refractivity contribution < 1.29 is 9.59 Å². The number of thioether (sulfide) groups is 1. The Kier molecular flexibility index (Phi) is 6.40. The zero-order chi connectivity index (χ0) is 19.1. The number of hydrogen-bond donors (Lipinski definition) is 2. The maximum atomic E-state index is 12.1. The molecule has 0 bridgehead atoms. The summed E-state index contributed by atoms with van der Waals surface area (Å²) in [4.78, 5) is 24.0. The van der Waals surface area contributed by atoms with Crippen LogP contribution >= 0.6 is 23.4 Å². The Morgan fingerprint density at radius 2 is 1.63 bits per heavy atom. The van der Waals surface area contributed by atoms with Gasteiger partial charge in [0.15, 0.2) is 5.82 Å². The minimum absolute atomic E-state index is 0.162. The van der Waals surface area contributed by atoms with Gasteiger partial charge in [-0.2, -0.15) is 0 Å². The summed E-state index contributed by atoms with van der Waals surface area (Å²) in [6, 6.07) is 19.1. The Hall–Kier alpha value is -2.90. The number of halogens is 1. The normalized spacial score (nSPS) is 10.3. The third-order valence-corrected chi connectivity index (χ3v) is 4.57. The third-order valence-electron chi connectivity index (χ3n) is 3.40. The number of aromatic nitrogens is 2. The van der Waals surface area contributed by atoms with Crippen molar-refractivity contribution in [3.63, 3.8) is 0 Å². The van der Waals surface area contributed by atoms with Gasteiger partial charge in [-0.05, 0) is 48.5 Å². The lowest BCUT2D eigenvalue weighted by molar-refractivity contribution is -0.113. The topological polar surface area (TPSA) is 84.0 Å². The number of amides is 2. The van der Waals surface area contributed by atoms with Crippen molar-refractivity contribution in [2.45, 2.75) is 5.03 Å². The van der Waals surface area contributed by atoms with E-state index < -0.39 is 0 Å². The van der Waals surface area contributed by atoms with Crippen molar-refractivity contribution in [3.05, 3.63) is 77.3 Å². The molecule has 0 unspecified atom stereocenters. The summed E-state index contributed by atoms with van der Waals surface area (Å²) >= 11 is 7.06. The van der Waals surface area contributed by atoms with Gasteiger partial charge in [0, 0.05) is 16.3 Å². The van der Waals surface area contributed by atoms with Crippen LogP contribution in [0, 0.1) is 0 Å². The largest absolute Gasteiger partial charge is 0.325 e. The smallest absolute Gasteiger partial charge is 0.256 e. The highest BCUT2D eigenvalue weighted by Gasteiger charge is 2.08. The first-order chi connectivity index (χ1) is 13.1. The van der Waals surface area contributed by atoms with Gasteiger partial charge in [-0.3, -0.25) is 9.59 Å². The second kappa shape index (κ2) is 9.16. The van der Waals surface area contributed by atoms with E-state index in [4.69, 9.17) is 11.6 Å². The Bertz CT molecular complexity index is 919. The van der Waals surface area contributed by atoms with Crippen molar-refractivity contribution in [2.24, 2.45) is 0 Å². The van der Waals surface area contributed by atoms with Gasteiger partial charge in [0.05, 0.1) is 5.75 Å². The van der Waals surface area contributed by atoms with E-state index >= 15 is 0 Å². The number of nitrogens with zero attached hydrogens (tertiary/aromatic N) is 2. The van der Waals surface area contributed by atoms with E-state index in [-0.39, 0.29) is 17.6 Å². The van der Waals surface area contributed by atoms with E-state index in [1.54, 1.807) is 60.7 Å². The SMILES string of the molecule is O=C(CSc1ccc(NC(=O)c2ccccc2)nn1)Nc1ccc(Cl)cc1. The lowest BCUT2D eigenvalue weighted by Gasteiger charge is -2.06. The maximum absolute atomic E-state index is 12.1. The van der Waals surface area contributed by atoms with E-state index in [0.29, 0.717) is 27.1 Å². The fourth-order valence-corrected chi connectivity index (χ4v) is 2.85. The molecule has 0 saturated heterocycles. The fourth-order valence-electron chi connectivity index (χ4n) is 2.11. The Morgan fingerprint density at radius 3 is 2.30 bits per heavy atom. The van der Waals surface area contributed by atoms with Gasteiger partial charge in [0.1, 0.15) is 5.03 Å². The molecule has 0 fully saturated rings. The van der Waals surface area contributed by atoms with Crippen LogP contribution in [0.25, 0.3) is 0 Å². The molecule has 6 nitrogen and oxygen atoms in total. The minimum Gasteiger partial charge on any atom is -0.325 e. The molecule has 27 heavy (non-hydrogen) atoms. The molecule has 0 spiro atoms. The Morgan fingerprint density at radius 1 is 0.889 bits per heavy atom. The summed E-state index contributed by atoms with van der Waals surface area (Å²) in [5.74, 6) is 0.115. The van der Waals surface area contributed by atoms with Crippen molar-refractivity contribution in [3.8, 4) is 0 Å². The number of hydrogen-bond acceptors (Lipinski definition) is 5. The second-order valence-corrected chi connectivity index (χ2v) is 6.85. The molecular formula is C19H15ClN4O2S. The standard InChI is InChI=1S/C19H15ClN4O2S/c20-14-6-8-15(9-7-14)21-17(25)12-27-18-11-10-16(23-24-18)22-19(26)13-4-2-1-3-5-13/h1-11H,12H2,(H,21,25)(H,22,23,26). The zero-order valence-corrected chi connectivity index (χ0v) is 15.6. The summed E-state index contributed by atoms with van der Waals surface area (Å²) in [5, 5.41) is 14.6. The number of carbonyl (C=O) groups excluding carboxylic acids is 2. The maximum Gasteiger partial charge on any atom is 0.256 e. The van der Waals surface area contributed by atoms with Gasteiger partial charge < -0.3 is 10.6 Å². The van der Waals surface area contributed by atoms with E-state index in [1.807, 2.05) is 6.07 Å². The first-order valence-corrected chi connectivity index (χ1v) is 9.35. The first-order valence-electron chi connectivity index (χ1n) is 7.98. The van der Waals surface area contributed by atoms with E-state index in [2.05, 4.69) is 20.8 Å². The molecule has 0 saturated carbocycles. The summed E-state index contributed by atoms with van der Waals surface area (Å²) in [7, 11) is 0. The molecule has 136 valence electrons. The summed E-state index contributed by atoms with van der Waals surface area (Å²) in [5.41, 5.74) is 1.21. The lowest BCUT2D eigenvalue weighted by atomic mass is 10.2. The quantitative estimate of drug-likeness (QED) is 0.610. The molecule has 0 atom stereocenters. The molecule has 2 N–H and O–H groups in total. The van der Waals surface area contributed by atoms with Crippen LogP contribution in [-0.4, -0.2) is 27.8 Å². The van der Waals surface area contributed by atoms with Gasteiger partial charge in [-0.15, -0.1) is 10.2 Å². The number of nitrogens with one attached hydrogen (secondary N) is 2. The molecule has 0 aliphatic carbocycles. The first kappa shape index (κ1) is 18.9. The van der Waals surface area contributed by atoms with Crippen molar-refractivity contribution >= 4 is 46.7 Å². The Labute approximate surface area is 165 Å². The number of carbonyl (C=O) groups is 2. The second-order valence-electron chi connectivity index (χ2n) is 5.42. The van der Waals surface area contributed by atoms with E-state index in [0.717, 1.165) is 0 Å². The van der Waals surface area contributed by atoms with Crippen LogP contribution in [0.5, 0.6) is 0 Å².